The second-order valence-electron chi connectivity index (χ2n) is 3.85. The van der Waals surface area contributed by atoms with Gasteiger partial charge in [0.2, 0.25) is 5.75 Å². The monoisotopic (exact) mass is 258 g/mol. The van der Waals surface area contributed by atoms with E-state index in [0.717, 1.165) is 0 Å². The predicted molar refractivity (Wildman–Crippen MR) is 67.5 cm³/mol. The normalized spacial score (nSPS) is 9.95. The molecule has 0 aliphatic rings. The quantitative estimate of drug-likeness (QED) is 0.478. The molecule has 1 aromatic carbocycles. The van der Waals surface area contributed by atoms with Gasteiger partial charge in [0.05, 0.1) is 11.1 Å². The fourth-order valence-corrected chi connectivity index (χ4v) is 1.63. The van der Waals surface area contributed by atoms with E-state index in [4.69, 9.17) is 4.74 Å². The Morgan fingerprint density at radius 2 is 2.16 bits per heavy atom. The summed E-state index contributed by atoms with van der Waals surface area (Å²) in [6.45, 7) is 1.63. The highest BCUT2D eigenvalue weighted by molar-refractivity contribution is 5.74. The third kappa shape index (κ3) is 2.74. The van der Waals surface area contributed by atoms with Crippen molar-refractivity contribution in [3.05, 3.63) is 57.9 Å². The van der Waals surface area contributed by atoms with E-state index in [2.05, 4.69) is 4.98 Å². The third-order valence-corrected chi connectivity index (χ3v) is 2.48. The largest absolute Gasteiger partial charge is 0.448 e. The van der Waals surface area contributed by atoms with Crippen molar-refractivity contribution < 1.29 is 14.5 Å². The number of rotatable bonds is 4. The highest BCUT2D eigenvalue weighted by Crippen LogP contribution is 2.33. The Labute approximate surface area is 108 Å². The van der Waals surface area contributed by atoms with Gasteiger partial charge in [-0.1, -0.05) is 12.1 Å². The number of hydrogen-bond donors (Lipinski definition) is 0. The molecule has 0 atom stereocenters. The van der Waals surface area contributed by atoms with Gasteiger partial charge in [0, 0.05) is 17.3 Å². The van der Waals surface area contributed by atoms with E-state index >= 15 is 0 Å². The molecule has 6 nitrogen and oxygen atoms in total. The average molecular weight is 258 g/mol. The minimum atomic E-state index is -0.498. The lowest BCUT2D eigenvalue weighted by molar-refractivity contribution is -0.386. The number of aldehydes is 1. The van der Waals surface area contributed by atoms with Crippen LogP contribution in [-0.2, 0) is 0 Å². The van der Waals surface area contributed by atoms with Crippen LogP contribution in [0.1, 0.15) is 15.9 Å². The molecule has 6 heteroatoms. The zero-order valence-corrected chi connectivity index (χ0v) is 10.1. The van der Waals surface area contributed by atoms with E-state index in [0.29, 0.717) is 17.4 Å². The maximum Gasteiger partial charge on any atom is 0.314 e. The van der Waals surface area contributed by atoms with Crippen LogP contribution in [0.5, 0.6) is 11.5 Å². The summed E-state index contributed by atoms with van der Waals surface area (Å²) in [5, 5.41) is 11.0. The van der Waals surface area contributed by atoms with Gasteiger partial charge in [-0.2, -0.15) is 0 Å². The Bertz CT molecular complexity index is 640. The van der Waals surface area contributed by atoms with Crippen LogP contribution in [0.15, 0.2) is 36.7 Å². The van der Waals surface area contributed by atoms with Crippen LogP contribution in [-0.4, -0.2) is 16.2 Å². The first-order valence-corrected chi connectivity index (χ1v) is 5.44. The maximum absolute atomic E-state index is 11.0. The van der Waals surface area contributed by atoms with Crippen molar-refractivity contribution in [1.82, 2.24) is 4.98 Å². The maximum atomic E-state index is 11.0. The number of aromatic nitrogens is 1. The molecule has 0 saturated heterocycles. The molecular weight excluding hydrogens is 248 g/mol. The third-order valence-electron chi connectivity index (χ3n) is 2.48. The number of pyridine rings is 1. The Kier molecular flexibility index (Phi) is 3.51. The highest BCUT2D eigenvalue weighted by Gasteiger charge is 2.18. The summed E-state index contributed by atoms with van der Waals surface area (Å²) in [5.41, 5.74) is 0.744. The van der Waals surface area contributed by atoms with Crippen LogP contribution in [0.3, 0.4) is 0 Å². The molecular formula is C13H10N2O4. The zero-order valence-electron chi connectivity index (χ0n) is 10.1. The number of nitrogens with zero attached hydrogens (tertiary/aromatic N) is 2. The topological polar surface area (TPSA) is 82.3 Å². The number of nitro benzene ring substituents is 1. The molecule has 0 amide bonds. The number of hydrogen-bond acceptors (Lipinski definition) is 5. The average Bonchev–Trinajstić information content (AvgIpc) is 2.38. The molecule has 0 aliphatic heterocycles. The molecule has 0 N–H and O–H groups in total. The minimum Gasteiger partial charge on any atom is -0.448 e. The highest BCUT2D eigenvalue weighted by atomic mass is 16.6. The summed E-state index contributed by atoms with van der Waals surface area (Å²) in [6.07, 6.45) is 3.40. The van der Waals surface area contributed by atoms with Gasteiger partial charge in [-0.25, -0.2) is 0 Å². The van der Waals surface area contributed by atoms with E-state index in [1.807, 2.05) is 0 Å². The summed E-state index contributed by atoms with van der Waals surface area (Å²) >= 11 is 0. The summed E-state index contributed by atoms with van der Waals surface area (Å²) < 4.78 is 5.43. The molecule has 1 aromatic heterocycles. The van der Waals surface area contributed by atoms with E-state index in [1.54, 1.807) is 19.1 Å². The number of para-hydroxylation sites is 1. The minimum absolute atomic E-state index is 0.0981. The van der Waals surface area contributed by atoms with E-state index in [-0.39, 0.29) is 17.2 Å². The van der Waals surface area contributed by atoms with Crippen molar-refractivity contribution >= 4 is 12.0 Å². The fourth-order valence-electron chi connectivity index (χ4n) is 1.63. The van der Waals surface area contributed by atoms with E-state index < -0.39 is 4.92 Å². The summed E-state index contributed by atoms with van der Waals surface area (Å²) in [4.78, 5) is 25.0. The molecule has 0 saturated carbocycles. The smallest absolute Gasteiger partial charge is 0.314 e. The Hall–Kier alpha value is -2.76. The lowest BCUT2D eigenvalue weighted by Gasteiger charge is -2.07. The van der Waals surface area contributed by atoms with Crippen molar-refractivity contribution in [2.24, 2.45) is 0 Å². The number of nitro groups is 1. The molecule has 2 rings (SSSR count). The number of carbonyl (C=O) groups is 1. The van der Waals surface area contributed by atoms with Crippen molar-refractivity contribution in [3.8, 4) is 11.5 Å². The SMILES string of the molecule is Cc1cccc(Oc2cncc(C=O)c2)c1[N+](=O)[O-]. The van der Waals surface area contributed by atoms with Crippen molar-refractivity contribution in [2.75, 3.05) is 0 Å². The first-order valence-electron chi connectivity index (χ1n) is 5.44. The second kappa shape index (κ2) is 5.26. The second-order valence-corrected chi connectivity index (χ2v) is 3.85. The number of ether oxygens (including phenoxy) is 1. The van der Waals surface area contributed by atoms with Crippen LogP contribution in [0.4, 0.5) is 5.69 Å². The Morgan fingerprint density at radius 3 is 2.84 bits per heavy atom. The molecule has 0 bridgehead atoms. The van der Waals surface area contributed by atoms with Crippen LogP contribution in [0, 0.1) is 17.0 Å². The first kappa shape index (κ1) is 12.7. The van der Waals surface area contributed by atoms with Crippen LogP contribution in [0.25, 0.3) is 0 Å². The summed E-state index contributed by atoms with van der Waals surface area (Å²) in [6, 6.07) is 6.25. The zero-order chi connectivity index (χ0) is 13.8. The van der Waals surface area contributed by atoms with Gasteiger partial charge in [0.25, 0.3) is 0 Å². The predicted octanol–water partition coefficient (Wildman–Crippen LogP) is 2.90. The number of benzene rings is 1. The summed E-state index contributed by atoms with van der Waals surface area (Å²) in [7, 11) is 0. The van der Waals surface area contributed by atoms with Crippen molar-refractivity contribution in [1.29, 1.82) is 0 Å². The summed E-state index contributed by atoms with van der Waals surface area (Å²) in [5.74, 6) is 0.396. The van der Waals surface area contributed by atoms with Crippen molar-refractivity contribution in [3.63, 3.8) is 0 Å². The van der Waals surface area contributed by atoms with Gasteiger partial charge >= 0.3 is 5.69 Å². The van der Waals surface area contributed by atoms with Crippen LogP contribution >= 0.6 is 0 Å². The van der Waals surface area contributed by atoms with Gasteiger partial charge in [-0.15, -0.1) is 0 Å². The molecule has 2 aromatic rings. The molecule has 0 spiro atoms. The number of aryl methyl sites for hydroxylation is 1. The van der Waals surface area contributed by atoms with Gasteiger partial charge in [0.15, 0.2) is 6.29 Å². The molecule has 0 aliphatic carbocycles. The van der Waals surface area contributed by atoms with Gasteiger partial charge < -0.3 is 4.74 Å². The van der Waals surface area contributed by atoms with Crippen molar-refractivity contribution in [2.45, 2.75) is 6.92 Å². The van der Waals surface area contributed by atoms with E-state index in [9.17, 15) is 14.9 Å². The molecule has 0 unspecified atom stereocenters. The van der Waals surface area contributed by atoms with Gasteiger partial charge in [0.1, 0.15) is 5.75 Å². The Morgan fingerprint density at radius 1 is 1.37 bits per heavy atom. The van der Waals surface area contributed by atoms with Crippen LogP contribution < -0.4 is 4.74 Å². The van der Waals surface area contributed by atoms with E-state index in [1.165, 1.54) is 24.5 Å². The fraction of sp³-hybridized carbons (Fsp3) is 0.0769. The van der Waals surface area contributed by atoms with Gasteiger partial charge in [-0.05, 0) is 19.1 Å². The molecule has 0 radical (unpaired) electrons. The standard InChI is InChI=1S/C13H10N2O4/c1-9-3-2-4-12(13(9)15(17)18)19-11-5-10(8-16)6-14-7-11/h2-8H,1H3. The Balaban J connectivity index is 2.40. The van der Waals surface area contributed by atoms with Gasteiger partial charge in [-0.3, -0.25) is 19.9 Å². The first-order chi connectivity index (χ1) is 9.11. The molecule has 96 valence electrons. The lowest BCUT2D eigenvalue weighted by atomic mass is 10.2. The number of carbonyl (C=O) groups excluding carboxylic acids is 1. The molecule has 19 heavy (non-hydrogen) atoms. The lowest BCUT2D eigenvalue weighted by Crippen LogP contribution is -1.96. The molecule has 0 fully saturated rings. The molecule has 1 heterocycles. The van der Waals surface area contributed by atoms with Crippen LogP contribution in [0.2, 0.25) is 0 Å².